The second kappa shape index (κ2) is 5.32. The van der Waals surface area contributed by atoms with Gasteiger partial charge in [-0.1, -0.05) is 17.7 Å². The number of hydrogen-bond acceptors (Lipinski definition) is 5. The van der Waals surface area contributed by atoms with E-state index in [4.69, 9.17) is 21.1 Å². The van der Waals surface area contributed by atoms with Gasteiger partial charge in [0.05, 0.1) is 7.11 Å². The first-order chi connectivity index (χ1) is 9.02. The number of methoxy groups -OCH3 is 1. The van der Waals surface area contributed by atoms with Crippen LogP contribution in [-0.2, 0) is 0 Å². The van der Waals surface area contributed by atoms with Crippen LogP contribution in [0.2, 0.25) is 5.15 Å². The first kappa shape index (κ1) is 13.4. The fourth-order valence-corrected chi connectivity index (χ4v) is 1.71. The molecular weight excluding hydrogens is 268 g/mol. The fraction of sp³-hybridized carbons (Fsp3) is 0.231. The molecule has 1 aromatic carbocycles. The maximum Gasteiger partial charge on any atom is 0.281 e. The molecule has 100 valence electrons. The van der Waals surface area contributed by atoms with E-state index in [1.54, 1.807) is 13.2 Å². The lowest BCUT2D eigenvalue weighted by Crippen LogP contribution is -1.97. The van der Waals surface area contributed by atoms with Crippen molar-refractivity contribution in [2.24, 2.45) is 0 Å². The smallest absolute Gasteiger partial charge is 0.281 e. The van der Waals surface area contributed by atoms with Crippen molar-refractivity contribution in [3.8, 4) is 23.1 Å². The van der Waals surface area contributed by atoms with Gasteiger partial charge in [-0.15, -0.1) is 10.2 Å². The SMILES string of the molecule is COc1ccc(C)c(C)c1Oc1nnc(Cl)cc1O. The molecule has 0 radical (unpaired) electrons. The van der Waals surface area contributed by atoms with Crippen molar-refractivity contribution >= 4 is 11.6 Å². The maximum atomic E-state index is 9.72. The van der Waals surface area contributed by atoms with Crippen molar-refractivity contribution in [1.29, 1.82) is 0 Å². The molecular formula is C13H13ClN2O3. The molecule has 0 saturated carbocycles. The van der Waals surface area contributed by atoms with E-state index in [9.17, 15) is 5.11 Å². The second-order valence-electron chi connectivity index (χ2n) is 4.00. The van der Waals surface area contributed by atoms with E-state index in [2.05, 4.69) is 10.2 Å². The van der Waals surface area contributed by atoms with Gasteiger partial charge >= 0.3 is 0 Å². The maximum absolute atomic E-state index is 9.72. The first-order valence-electron chi connectivity index (χ1n) is 5.57. The highest BCUT2D eigenvalue weighted by molar-refractivity contribution is 6.29. The van der Waals surface area contributed by atoms with Gasteiger partial charge < -0.3 is 14.6 Å². The number of ether oxygens (including phenoxy) is 2. The predicted octanol–water partition coefficient (Wildman–Crippen LogP) is 3.25. The molecule has 1 heterocycles. The van der Waals surface area contributed by atoms with E-state index in [1.165, 1.54) is 6.07 Å². The molecule has 1 aromatic heterocycles. The van der Waals surface area contributed by atoms with Crippen LogP contribution in [0, 0.1) is 13.8 Å². The summed E-state index contributed by atoms with van der Waals surface area (Å²) in [4.78, 5) is 0. The molecule has 19 heavy (non-hydrogen) atoms. The van der Waals surface area contributed by atoms with Crippen LogP contribution in [0.4, 0.5) is 0 Å². The number of aromatic hydroxyl groups is 1. The quantitative estimate of drug-likeness (QED) is 0.935. The summed E-state index contributed by atoms with van der Waals surface area (Å²) in [5.74, 6) is 0.855. The summed E-state index contributed by atoms with van der Waals surface area (Å²) >= 11 is 5.62. The van der Waals surface area contributed by atoms with Gasteiger partial charge in [0.1, 0.15) is 0 Å². The number of aryl methyl sites for hydroxylation is 1. The molecule has 0 atom stereocenters. The number of aromatic nitrogens is 2. The summed E-state index contributed by atoms with van der Waals surface area (Å²) < 4.78 is 10.8. The third-order valence-corrected chi connectivity index (χ3v) is 2.96. The lowest BCUT2D eigenvalue weighted by Gasteiger charge is -2.14. The van der Waals surface area contributed by atoms with Crippen molar-refractivity contribution in [1.82, 2.24) is 10.2 Å². The Hall–Kier alpha value is -2.01. The van der Waals surface area contributed by atoms with Crippen LogP contribution in [-0.4, -0.2) is 22.4 Å². The minimum atomic E-state index is -0.178. The van der Waals surface area contributed by atoms with Crippen molar-refractivity contribution in [2.75, 3.05) is 7.11 Å². The molecule has 0 spiro atoms. The first-order valence-corrected chi connectivity index (χ1v) is 5.95. The fourth-order valence-electron chi connectivity index (χ4n) is 1.57. The molecule has 0 amide bonds. The lowest BCUT2D eigenvalue weighted by atomic mass is 10.1. The van der Waals surface area contributed by atoms with Crippen LogP contribution in [0.1, 0.15) is 11.1 Å². The zero-order chi connectivity index (χ0) is 14.0. The summed E-state index contributed by atoms with van der Waals surface area (Å²) in [6.07, 6.45) is 0. The Morgan fingerprint density at radius 1 is 1.21 bits per heavy atom. The highest BCUT2D eigenvalue weighted by Crippen LogP contribution is 2.38. The van der Waals surface area contributed by atoms with Gasteiger partial charge in [-0.3, -0.25) is 0 Å². The van der Waals surface area contributed by atoms with E-state index in [-0.39, 0.29) is 16.8 Å². The Bertz CT molecular complexity index is 617. The number of nitrogens with zero attached hydrogens (tertiary/aromatic N) is 2. The van der Waals surface area contributed by atoms with Gasteiger partial charge in [0.2, 0.25) is 0 Å². The highest BCUT2D eigenvalue weighted by atomic mass is 35.5. The van der Waals surface area contributed by atoms with E-state index in [0.29, 0.717) is 11.5 Å². The molecule has 2 rings (SSSR count). The normalized spacial score (nSPS) is 10.3. The zero-order valence-corrected chi connectivity index (χ0v) is 11.5. The lowest BCUT2D eigenvalue weighted by molar-refractivity contribution is 0.354. The number of benzene rings is 1. The third-order valence-electron chi connectivity index (χ3n) is 2.77. The van der Waals surface area contributed by atoms with Gasteiger partial charge in [-0.05, 0) is 31.0 Å². The molecule has 0 aliphatic rings. The summed E-state index contributed by atoms with van der Waals surface area (Å²) in [5.41, 5.74) is 1.94. The molecule has 0 aliphatic heterocycles. The van der Waals surface area contributed by atoms with E-state index in [1.807, 2.05) is 19.9 Å². The predicted molar refractivity (Wildman–Crippen MR) is 71.2 cm³/mol. The van der Waals surface area contributed by atoms with Gasteiger partial charge in [-0.2, -0.15) is 0 Å². The van der Waals surface area contributed by atoms with Crippen molar-refractivity contribution in [2.45, 2.75) is 13.8 Å². The third kappa shape index (κ3) is 2.71. The topological polar surface area (TPSA) is 64.5 Å². The Morgan fingerprint density at radius 3 is 2.58 bits per heavy atom. The minimum Gasteiger partial charge on any atom is -0.503 e. The second-order valence-corrected chi connectivity index (χ2v) is 4.39. The van der Waals surface area contributed by atoms with Crippen LogP contribution in [0.25, 0.3) is 0 Å². The van der Waals surface area contributed by atoms with E-state index < -0.39 is 0 Å². The van der Waals surface area contributed by atoms with Crippen molar-refractivity contribution in [3.63, 3.8) is 0 Å². The molecule has 0 bridgehead atoms. The van der Waals surface area contributed by atoms with Gasteiger partial charge in [0.15, 0.2) is 22.4 Å². The van der Waals surface area contributed by atoms with Crippen molar-refractivity contribution < 1.29 is 14.6 Å². The Balaban J connectivity index is 2.45. The zero-order valence-electron chi connectivity index (χ0n) is 10.8. The average Bonchev–Trinajstić information content (AvgIpc) is 2.38. The average molecular weight is 281 g/mol. The number of hydrogen-bond donors (Lipinski definition) is 1. The Labute approximate surface area is 115 Å². The molecule has 6 heteroatoms. The van der Waals surface area contributed by atoms with Gasteiger partial charge in [-0.25, -0.2) is 0 Å². The molecule has 0 aliphatic carbocycles. The van der Waals surface area contributed by atoms with Crippen LogP contribution < -0.4 is 9.47 Å². The summed E-state index contributed by atoms with van der Waals surface area (Å²) in [6, 6.07) is 4.98. The monoisotopic (exact) mass is 280 g/mol. The van der Waals surface area contributed by atoms with Gasteiger partial charge in [0.25, 0.3) is 5.88 Å². The van der Waals surface area contributed by atoms with Crippen LogP contribution in [0.5, 0.6) is 23.1 Å². The minimum absolute atomic E-state index is 0.0172. The molecule has 2 aromatic rings. The standard InChI is InChI=1S/C13H13ClN2O3/c1-7-4-5-10(18-3)12(8(7)2)19-13-9(17)6-11(14)15-16-13/h4-6H,1-3H3,(H,15,17). The molecule has 0 unspecified atom stereocenters. The van der Waals surface area contributed by atoms with Crippen LogP contribution in [0.3, 0.4) is 0 Å². The Morgan fingerprint density at radius 2 is 1.95 bits per heavy atom. The molecule has 0 saturated heterocycles. The summed E-state index contributed by atoms with van der Waals surface area (Å²) in [5, 5.41) is 17.2. The summed E-state index contributed by atoms with van der Waals surface area (Å²) in [7, 11) is 1.55. The van der Waals surface area contributed by atoms with E-state index >= 15 is 0 Å². The van der Waals surface area contributed by atoms with Crippen LogP contribution in [0.15, 0.2) is 18.2 Å². The van der Waals surface area contributed by atoms with Gasteiger partial charge in [0, 0.05) is 6.07 Å². The van der Waals surface area contributed by atoms with E-state index in [0.717, 1.165) is 11.1 Å². The number of rotatable bonds is 3. The largest absolute Gasteiger partial charge is 0.503 e. The van der Waals surface area contributed by atoms with Crippen LogP contribution >= 0.6 is 11.6 Å². The molecule has 5 nitrogen and oxygen atoms in total. The highest BCUT2D eigenvalue weighted by Gasteiger charge is 2.15. The van der Waals surface area contributed by atoms with Crippen molar-refractivity contribution in [3.05, 3.63) is 34.5 Å². The molecule has 1 N–H and O–H groups in total. The summed E-state index contributed by atoms with van der Waals surface area (Å²) in [6.45, 7) is 3.85. The Kier molecular flexibility index (Phi) is 3.76. The molecule has 0 fully saturated rings. The number of halogens is 1.